The summed E-state index contributed by atoms with van der Waals surface area (Å²) < 4.78 is 18.6. The minimum atomic E-state index is -0.416. The van der Waals surface area contributed by atoms with Crippen molar-refractivity contribution in [2.45, 2.75) is 19.3 Å². The van der Waals surface area contributed by atoms with Gasteiger partial charge in [0.2, 0.25) is 0 Å². The molecule has 0 N–H and O–H groups in total. The van der Waals surface area contributed by atoms with Gasteiger partial charge in [0.05, 0.1) is 6.61 Å². The van der Waals surface area contributed by atoms with Crippen LogP contribution in [0.4, 0.5) is 4.39 Å². The van der Waals surface area contributed by atoms with Crippen LogP contribution in [0.5, 0.6) is 5.75 Å². The van der Waals surface area contributed by atoms with Crippen LogP contribution in [0.2, 0.25) is 0 Å². The topological polar surface area (TPSA) is 9.23 Å². The van der Waals surface area contributed by atoms with E-state index in [4.69, 9.17) is 4.74 Å². The van der Waals surface area contributed by atoms with Gasteiger partial charge in [-0.2, -0.15) is 0 Å². The first-order valence-electron chi connectivity index (χ1n) is 6.19. The van der Waals surface area contributed by atoms with E-state index in [9.17, 15) is 4.39 Å². The number of hydrogen-bond donors (Lipinski definition) is 0. The van der Waals surface area contributed by atoms with Crippen molar-refractivity contribution in [2.24, 2.45) is 0 Å². The van der Waals surface area contributed by atoms with E-state index >= 15 is 0 Å². The SMILES string of the molecule is Fc1[c]cccc1OCCCCc1ccccc1. The summed E-state index contributed by atoms with van der Waals surface area (Å²) in [6.45, 7) is 0.543. The lowest BCUT2D eigenvalue weighted by Crippen LogP contribution is -2.00. The van der Waals surface area contributed by atoms with Crippen molar-refractivity contribution in [2.75, 3.05) is 6.61 Å². The maximum absolute atomic E-state index is 13.2. The summed E-state index contributed by atoms with van der Waals surface area (Å²) in [5.41, 5.74) is 1.33. The molecule has 1 radical (unpaired) electrons. The molecular weight excluding hydrogens is 227 g/mol. The molecule has 0 bridgehead atoms. The summed E-state index contributed by atoms with van der Waals surface area (Å²) in [5.74, 6) is -0.127. The summed E-state index contributed by atoms with van der Waals surface area (Å²) >= 11 is 0. The normalized spacial score (nSPS) is 10.3. The van der Waals surface area contributed by atoms with Gasteiger partial charge >= 0.3 is 0 Å². The fraction of sp³-hybridized carbons (Fsp3) is 0.250. The Morgan fingerprint density at radius 3 is 2.61 bits per heavy atom. The van der Waals surface area contributed by atoms with Crippen LogP contribution in [0.15, 0.2) is 48.5 Å². The van der Waals surface area contributed by atoms with Gasteiger partial charge in [0.25, 0.3) is 0 Å². The van der Waals surface area contributed by atoms with E-state index in [-0.39, 0.29) is 5.75 Å². The number of unbranched alkanes of at least 4 members (excludes halogenated alkanes) is 1. The van der Waals surface area contributed by atoms with Gasteiger partial charge in [-0.15, -0.1) is 0 Å². The van der Waals surface area contributed by atoms with Gasteiger partial charge in [0.1, 0.15) is 0 Å². The Morgan fingerprint density at radius 2 is 1.83 bits per heavy atom. The molecule has 18 heavy (non-hydrogen) atoms. The molecule has 0 amide bonds. The van der Waals surface area contributed by atoms with Gasteiger partial charge in [-0.3, -0.25) is 0 Å². The molecule has 0 atom stereocenters. The Hall–Kier alpha value is -1.83. The van der Waals surface area contributed by atoms with E-state index < -0.39 is 5.82 Å². The van der Waals surface area contributed by atoms with Crippen LogP contribution in [0, 0.1) is 11.9 Å². The third kappa shape index (κ3) is 3.88. The third-order valence-corrected chi connectivity index (χ3v) is 2.73. The molecule has 2 rings (SSSR count). The van der Waals surface area contributed by atoms with E-state index in [1.165, 1.54) is 11.6 Å². The predicted octanol–water partition coefficient (Wildman–Crippen LogP) is 4.03. The molecule has 0 unspecified atom stereocenters. The molecule has 0 aliphatic heterocycles. The van der Waals surface area contributed by atoms with Gasteiger partial charge in [0, 0.05) is 6.07 Å². The zero-order valence-electron chi connectivity index (χ0n) is 10.2. The molecule has 0 heterocycles. The summed E-state index contributed by atoms with van der Waals surface area (Å²) in [6.07, 6.45) is 3.00. The van der Waals surface area contributed by atoms with E-state index in [1.54, 1.807) is 12.1 Å². The lowest BCUT2D eigenvalue weighted by atomic mass is 10.1. The number of benzene rings is 2. The quantitative estimate of drug-likeness (QED) is 0.696. The van der Waals surface area contributed by atoms with Crippen LogP contribution in [-0.2, 0) is 6.42 Å². The van der Waals surface area contributed by atoms with Crippen LogP contribution in [0.1, 0.15) is 18.4 Å². The zero-order chi connectivity index (χ0) is 12.6. The highest BCUT2D eigenvalue weighted by Crippen LogP contribution is 2.15. The summed E-state index contributed by atoms with van der Waals surface area (Å²) in [6, 6.07) is 17.7. The first-order valence-corrected chi connectivity index (χ1v) is 6.19. The van der Waals surface area contributed by atoms with E-state index in [2.05, 4.69) is 18.2 Å². The molecule has 0 aromatic heterocycles. The second kappa shape index (κ2) is 6.80. The van der Waals surface area contributed by atoms with Crippen LogP contribution in [-0.4, -0.2) is 6.61 Å². The lowest BCUT2D eigenvalue weighted by Gasteiger charge is -2.06. The number of ether oxygens (including phenoxy) is 1. The van der Waals surface area contributed by atoms with E-state index in [1.807, 2.05) is 18.2 Å². The Morgan fingerprint density at radius 1 is 1.00 bits per heavy atom. The largest absolute Gasteiger partial charge is 0.490 e. The molecule has 2 aromatic rings. The number of aryl methyl sites for hydroxylation is 1. The highest BCUT2D eigenvalue weighted by atomic mass is 19.1. The van der Waals surface area contributed by atoms with Gasteiger partial charge < -0.3 is 4.74 Å². The van der Waals surface area contributed by atoms with Crippen molar-refractivity contribution in [3.63, 3.8) is 0 Å². The summed E-state index contributed by atoms with van der Waals surface area (Å²) in [7, 11) is 0. The third-order valence-electron chi connectivity index (χ3n) is 2.73. The van der Waals surface area contributed by atoms with Crippen LogP contribution < -0.4 is 4.74 Å². The van der Waals surface area contributed by atoms with Gasteiger partial charge in [-0.05, 0) is 30.9 Å². The highest BCUT2D eigenvalue weighted by Gasteiger charge is 2.01. The number of rotatable bonds is 6. The Bertz CT molecular complexity index is 468. The lowest BCUT2D eigenvalue weighted by molar-refractivity contribution is 0.292. The molecule has 0 fully saturated rings. The van der Waals surface area contributed by atoms with Gasteiger partial charge in [-0.25, -0.2) is 4.39 Å². The molecule has 0 aliphatic carbocycles. The Balaban J connectivity index is 1.66. The van der Waals surface area contributed by atoms with Crippen molar-refractivity contribution < 1.29 is 9.13 Å². The molecule has 0 spiro atoms. The maximum Gasteiger partial charge on any atom is 0.172 e. The summed E-state index contributed by atoms with van der Waals surface area (Å²) in [4.78, 5) is 0. The molecule has 0 saturated carbocycles. The Labute approximate surface area is 107 Å². The fourth-order valence-corrected chi connectivity index (χ4v) is 1.77. The molecule has 1 nitrogen and oxygen atoms in total. The van der Waals surface area contributed by atoms with E-state index in [0.29, 0.717) is 6.61 Å². The average molecular weight is 243 g/mol. The maximum atomic E-state index is 13.2. The Kier molecular flexibility index (Phi) is 4.77. The van der Waals surface area contributed by atoms with Gasteiger partial charge in [0.15, 0.2) is 11.6 Å². The highest BCUT2D eigenvalue weighted by molar-refractivity contribution is 5.22. The molecule has 93 valence electrons. The van der Waals surface area contributed by atoms with Crippen molar-refractivity contribution in [1.29, 1.82) is 0 Å². The minimum Gasteiger partial charge on any atom is -0.490 e. The zero-order valence-corrected chi connectivity index (χ0v) is 10.2. The first-order chi connectivity index (χ1) is 8.86. The van der Waals surface area contributed by atoms with Crippen LogP contribution in [0.25, 0.3) is 0 Å². The standard InChI is InChI=1S/C16H16FO/c17-15-11-4-5-12-16(15)18-13-7-6-10-14-8-2-1-3-9-14/h1-5,8-9,12H,6-7,10,13H2. The molecule has 2 heteroatoms. The van der Waals surface area contributed by atoms with E-state index in [0.717, 1.165) is 19.3 Å². The molecule has 2 aromatic carbocycles. The molecule has 0 saturated heterocycles. The fourth-order valence-electron chi connectivity index (χ4n) is 1.77. The number of hydrogen-bond acceptors (Lipinski definition) is 1. The summed E-state index contributed by atoms with van der Waals surface area (Å²) in [5, 5.41) is 0. The van der Waals surface area contributed by atoms with Crippen LogP contribution in [0.3, 0.4) is 0 Å². The van der Waals surface area contributed by atoms with Crippen molar-refractivity contribution in [3.8, 4) is 5.75 Å². The van der Waals surface area contributed by atoms with Crippen molar-refractivity contribution in [1.82, 2.24) is 0 Å². The van der Waals surface area contributed by atoms with Crippen molar-refractivity contribution in [3.05, 3.63) is 66.0 Å². The molecule has 0 aliphatic rings. The van der Waals surface area contributed by atoms with Crippen LogP contribution >= 0.6 is 0 Å². The molecular formula is C16H16FO. The van der Waals surface area contributed by atoms with Gasteiger partial charge in [-0.1, -0.05) is 42.5 Å². The second-order valence-corrected chi connectivity index (χ2v) is 4.14. The predicted molar refractivity (Wildman–Crippen MR) is 70.1 cm³/mol. The average Bonchev–Trinajstić information content (AvgIpc) is 2.42. The van der Waals surface area contributed by atoms with Crippen molar-refractivity contribution >= 4 is 0 Å². The monoisotopic (exact) mass is 243 g/mol. The first kappa shape index (κ1) is 12.6. The second-order valence-electron chi connectivity index (χ2n) is 4.14. The number of halogens is 1. The smallest absolute Gasteiger partial charge is 0.172 e. The minimum absolute atomic E-state index is 0.289.